The van der Waals surface area contributed by atoms with Crippen LogP contribution in [0.1, 0.15) is 12.5 Å². The first-order chi connectivity index (χ1) is 18.0. The lowest BCUT2D eigenvalue weighted by molar-refractivity contribution is -0.117. The molecule has 0 fully saturated rings. The number of hydrogen-bond acceptors (Lipinski definition) is 4. The average molecular weight is 525 g/mol. The molecule has 0 radical (unpaired) electrons. The van der Waals surface area contributed by atoms with Crippen LogP contribution in [-0.2, 0) is 4.79 Å². The van der Waals surface area contributed by atoms with E-state index in [1.165, 1.54) is 11.8 Å². The van der Waals surface area contributed by atoms with Gasteiger partial charge < -0.3 is 0 Å². The highest BCUT2D eigenvalue weighted by Crippen LogP contribution is 2.34. The molecular weight excluding hydrogens is 500 g/mol. The minimum atomic E-state index is -0.451. The summed E-state index contributed by atoms with van der Waals surface area (Å²) >= 11 is 7.72. The Morgan fingerprint density at radius 3 is 2.11 bits per heavy atom. The molecule has 0 aliphatic rings. The smallest absolute Gasteiger partial charge is 0.244 e. The van der Waals surface area contributed by atoms with Gasteiger partial charge in [0.05, 0.1) is 10.9 Å². The number of hydrogen-bond donors (Lipinski definition) is 0. The number of halogens is 1. The Kier molecular flexibility index (Phi) is 7.40. The number of aryl methyl sites for hydroxylation is 1. The molecule has 5 nitrogen and oxygen atoms in total. The zero-order valence-electron chi connectivity index (χ0n) is 20.5. The van der Waals surface area contributed by atoms with Gasteiger partial charge in [-0.15, -0.1) is 10.2 Å². The molecule has 0 aliphatic heterocycles. The Morgan fingerprint density at radius 1 is 0.838 bits per heavy atom. The van der Waals surface area contributed by atoms with Crippen LogP contribution in [0.5, 0.6) is 0 Å². The van der Waals surface area contributed by atoms with Crippen molar-refractivity contribution in [1.82, 2.24) is 14.8 Å². The molecule has 1 atom stereocenters. The summed E-state index contributed by atoms with van der Waals surface area (Å²) in [6.45, 7) is 3.94. The van der Waals surface area contributed by atoms with Gasteiger partial charge in [0.25, 0.3) is 0 Å². The van der Waals surface area contributed by atoms with Gasteiger partial charge in [-0.1, -0.05) is 89.6 Å². The Balaban J connectivity index is 1.54. The maximum Gasteiger partial charge on any atom is 0.244 e. The highest BCUT2D eigenvalue weighted by Gasteiger charge is 2.27. The molecule has 184 valence electrons. The van der Waals surface area contributed by atoms with Gasteiger partial charge in [-0.25, -0.2) is 0 Å². The summed E-state index contributed by atoms with van der Waals surface area (Å²) in [5.41, 5.74) is 4.51. The van der Waals surface area contributed by atoms with Gasteiger partial charge in [0, 0.05) is 22.0 Å². The number of benzene rings is 4. The molecule has 0 N–H and O–H groups in total. The third kappa shape index (κ3) is 5.45. The highest BCUT2D eigenvalue weighted by atomic mass is 35.5. The molecular formula is C30H25ClN4OS. The third-order valence-corrected chi connectivity index (χ3v) is 7.12. The molecule has 0 aliphatic carbocycles. The van der Waals surface area contributed by atoms with E-state index in [0.29, 0.717) is 16.0 Å². The summed E-state index contributed by atoms with van der Waals surface area (Å²) < 4.78 is 1.96. The van der Waals surface area contributed by atoms with Crippen molar-refractivity contribution in [3.05, 3.63) is 120 Å². The lowest BCUT2D eigenvalue weighted by Gasteiger charge is -2.26. The van der Waals surface area contributed by atoms with Crippen LogP contribution in [0, 0.1) is 6.92 Å². The molecule has 0 saturated heterocycles. The first-order valence-electron chi connectivity index (χ1n) is 11.9. The first kappa shape index (κ1) is 24.8. The number of carbonyl (C=O) groups is 1. The number of anilines is 2. The number of para-hydroxylation sites is 2. The van der Waals surface area contributed by atoms with E-state index in [4.69, 9.17) is 11.6 Å². The molecule has 0 unspecified atom stereocenters. The fourth-order valence-electron chi connectivity index (χ4n) is 4.11. The predicted molar refractivity (Wildman–Crippen MR) is 152 cm³/mol. The van der Waals surface area contributed by atoms with Crippen LogP contribution >= 0.6 is 23.4 Å². The van der Waals surface area contributed by atoms with Crippen molar-refractivity contribution in [3.63, 3.8) is 0 Å². The van der Waals surface area contributed by atoms with Crippen LogP contribution in [0.3, 0.4) is 0 Å². The van der Waals surface area contributed by atoms with E-state index in [1.807, 2.05) is 122 Å². The standard InChI is InChI=1S/C30H25ClN4OS/c1-21-11-9-12-23(19-21)28-32-33-30(35(28)27-18-10-13-24(31)20-27)37-22(2)29(36)34(25-14-5-3-6-15-25)26-16-7-4-8-17-26/h3-20,22H,1-2H3/t22-/m1/s1. The van der Waals surface area contributed by atoms with Crippen LogP contribution in [0.4, 0.5) is 11.4 Å². The molecule has 5 rings (SSSR count). The predicted octanol–water partition coefficient (Wildman–Crippen LogP) is 7.74. The Labute approximate surface area is 225 Å². The molecule has 1 amide bonds. The molecule has 1 heterocycles. The normalized spacial score (nSPS) is 11.8. The summed E-state index contributed by atoms with van der Waals surface area (Å²) in [5.74, 6) is 0.635. The monoisotopic (exact) mass is 524 g/mol. The molecule has 0 saturated carbocycles. The molecule has 7 heteroatoms. The van der Waals surface area contributed by atoms with E-state index >= 15 is 0 Å². The number of amides is 1. The van der Waals surface area contributed by atoms with Crippen molar-refractivity contribution in [2.24, 2.45) is 0 Å². The van der Waals surface area contributed by atoms with Crippen molar-refractivity contribution >= 4 is 40.6 Å². The highest BCUT2D eigenvalue weighted by molar-refractivity contribution is 8.00. The van der Waals surface area contributed by atoms with Crippen molar-refractivity contribution in [1.29, 1.82) is 0 Å². The van der Waals surface area contributed by atoms with Gasteiger partial charge in [0.1, 0.15) is 0 Å². The SMILES string of the molecule is Cc1cccc(-c2nnc(S[C@H](C)C(=O)N(c3ccccc3)c3ccccc3)n2-c2cccc(Cl)c2)c1. The second-order valence-electron chi connectivity index (χ2n) is 8.60. The van der Waals surface area contributed by atoms with E-state index in [2.05, 4.69) is 16.3 Å². The number of nitrogens with zero attached hydrogens (tertiary/aromatic N) is 4. The summed E-state index contributed by atoms with van der Waals surface area (Å²) in [6, 6.07) is 35.0. The van der Waals surface area contributed by atoms with Crippen LogP contribution in [-0.4, -0.2) is 25.9 Å². The summed E-state index contributed by atoms with van der Waals surface area (Å²) in [5, 5.41) is 9.82. The Morgan fingerprint density at radius 2 is 1.49 bits per heavy atom. The largest absolute Gasteiger partial charge is 0.280 e. The lowest BCUT2D eigenvalue weighted by atomic mass is 10.1. The fraction of sp³-hybridized carbons (Fsp3) is 0.100. The molecule has 1 aromatic heterocycles. The minimum Gasteiger partial charge on any atom is -0.280 e. The van der Waals surface area contributed by atoms with Gasteiger partial charge in [-0.05, 0) is 62.4 Å². The Hall–Kier alpha value is -3.87. The maximum atomic E-state index is 13.9. The lowest BCUT2D eigenvalue weighted by Crippen LogP contribution is -2.33. The van der Waals surface area contributed by atoms with Crippen LogP contribution in [0.15, 0.2) is 114 Å². The van der Waals surface area contributed by atoms with E-state index in [9.17, 15) is 4.79 Å². The number of thioether (sulfide) groups is 1. The topological polar surface area (TPSA) is 51.0 Å². The third-order valence-electron chi connectivity index (χ3n) is 5.86. The van der Waals surface area contributed by atoms with Crippen molar-refractivity contribution in [2.45, 2.75) is 24.3 Å². The van der Waals surface area contributed by atoms with E-state index < -0.39 is 5.25 Å². The maximum absolute atomic E-state index is 13.9. The van der Waals surface area contributed by atoms with E-state index in [1.54, 1.807) is 4.90 Å². The second-order valence-corrected chi connectivity index (χ2v) is 10.3. The number of rotatable bonds is 7. The summed E-state index contributed by atoms with van der Waals surface area (Å²) in [7, 11) is 0. The van der Waals surface area contributed by atoms with Gasteiger partial charge in [-0.3, -0.25) is 14.3 Å². The summed E-state index contributed by atoms with van der Waals surface area (Å²) in [4.78, 5) is 15.6. The fourth-order valence-corrected chi connectivity index (χ4v) is 5.21. The summed E-state index contributed by atoms with van der Waals surface area (Å²) in [6.07, 6.45) is 0. The average Bonchev–Trinajstić information content (AvgIpc) is 3.33. The van der Waals surface area contributed by atoms with Crippen molar-refractivity contribution in [2.75, 3.05) is 4.90 Å². The van der Waals surface area contributed by atoms with Crippen LogP contribution in [0.2, 0.25) is 5.02 Å². The minimum absolute atomic E-state index is 0.0554. The van der Waals surface area contributed by atoms with Crippen molar-refractivity contribution < 1.29 is 4.79 Å². The van der Waals surface area contributed by atoms with Gasteiger partial charge in [0.2, 0.25) is 5.91 Å². The zero-order valence-corrected chi connectivity index (χ0v) is 22.0. The zero-order chi connectivity index (χ0) is 25.8. The molecule has 37 heavy (non-hydrogen) atoms. The van der Waals surface area contributed by atoms with E-state index in [0.717, 1.165) is 28.2 Å². The molecule has 0 bridgehead atoms. The van der Waals surface area contributed by atoms with Gasteiger partial charge in [0.15, 0.2) is 11.0 Å². The number of carbonyl (C=O) groups excluding carboxylic acids is 1. The number of aromatic nitrogens is 3. The van der Waals surface area contributed by atoms with Gasteiger partial charge >= 0.3 is 0 Å². The molecule has 5 aromatic rings. The molecule has 0 spiro atoms. The van der Waals surface area contributed by atoms with Crippen LogP contribution in [0.25, 0.3) is 17.1 Å². The second kappa shape index (κ2) is 11.0. The van der Waals surface area contributed by atoms with Crippen LogP contribution < -0.4 is 4.90 Å². The van der Waals surface area contributed by atoms with Gasteiger partial charge in [-0.2, -0.15) is 0 Å². The van der Waals surface area contributed by atoms with E-state index in [-0.39, 0.29) is 5.91 Å². The Bertz CT molecular complexity index is 1480. The first-order valence-corrected chi connectivity index (χ1v) is 13.2. The quantitative estimate of drug-likeness (QED) is 0.204. The van der Waals surface area contributed by atoms with Crippen molar-refractivity contribution in [3.8, 4) is 17.1 Å². The molecule has 4 aromatic carbocycles.